The van der Waals surface area contributed by atoms with Crippen molar-refractivity contribution >= 4 is 0 Å². The first-order valence-corrected chi connectivity index (χ1v) is 6.70. The maximum atomic E-state index is 6.44. The van der Waals surface area contributed by atoms with E-state index >= 15 is 0 Å². The molecule has 0 aromatic heterocycles. The lowest BCUT2D eigenvalue weighted by Gasteiger charge is -2.43. The van der Waals surface area contributed by atoms with Crippen molar-refractivity contribution in [3.05, 3.63) is 0 Å². The number of hydrogen-bond acceptors (Lipinski definition) is 2. The van der Waals surface area contributed by atoms with Crippen molar-refractivity contribution < 1.29 is 0 Å². The fourth-order valence-corrected chi connectivity index (χ4v) is 3.47. The summed E-state index contributed by atoms with van der Waals surface area (Å²) < 4.78 is 0. The Kier molecular flexibility index (Phi) is 3.89. The van der Waals surface area contributed by atoms with Gasteiger partial charge in [0.2, 0.25) is 0 Å². The second kappa shape index (κ2) is 5.21. The molecule has 2 heteroatoms. The first-order chi connectivity index (χ1) is 7.79. The fraction of sp³-hybridized carbons (Fsp3) is 0.857. The normalized spacial score (nSPS) is 26.4. The van der Waals surface area contributed by atoms with Gasteiger partial charge in [-0.2, -0.15) is 0 Å². The molecular formula is C14H24N2. The third-order valence-corrected chi connectivity index (χ3v) is 4.39. The predicted molar refractivity (Wildman–Crippen MR) is 68.0 cm³/mol. The quantitative estimate of drug-likeness (QED) is 0.738. The molecule has 0 amide bonds. The Balaban J connectivity index is 2.09. The van der Waals surface area contributed by atoms with Gasteiger partial charge in [-0.25, -0.2) is 0 Å². The van der Waals surface area contributed by atoms with Crippen LogP contribution in [0.5, 0.6) is 0 Å². The van der Waals surface area contributed by atoms with Gasteiger partial charge in [0.1, 0.15) is 0 Å². The van der Waals surface area contributed by atoms with Crippen LogP contribution in [0.1, 0.15) is 51.9 Å². The van der Waals surface area contributed by atoms with Gasteiger partial charge >= 0.3 is 0 Å². The molecule has 2 N–H and O–H groups in total. The monoisotopic (exact) mass is 220 g/mol. The van der Waals surface area contributed by atoms with Crippen LogP contribution in [0.15, 0.2) is 0 Å². The molecule has 0 aromatic carbocycles. The van der Waals surface area contributed by atoms with E-state index in [1.165, 1.54) is 51.6 Å². The molecule has 1 saturated carbocycles. The number of rotatable bonds is 3. The van der Waals surface area contributed by atoms with Crippen molar-refractivity contribution in [2.75, 3.05) is 13.1 Å². The molecule has 1 unspecified atom stereocenters. The minimum atomic E-state index is 0.251. The Morgan fingerprint density at radius 1 is 1.19 bits per heavy atom. The highest BCUT2D eigenvalue weighted by molar-refractivity contribution is 5.09. The van der Waals surface area contributed by atoms with Crippen molar-refractivity contribution in [2.45, 2.75) is 63.5 Å². The fourth-order valence-electron chi connectivity index (χ4n) is 3.47. The van der Waals surface area contributed by atoms with E-state index in [0.29, 0.717) is 5.54 Å². The lowest BCUT2D eigenvalue weighted by atomic mass is 9.85. The molecule has 1 aliphatic heterocycles. The van der Waals surface area contributed by atoms with Crippen LogP contribution in [0.3, 0.4) is 0 Å². The van der Waals surface area contributed by atoms with Crippen LogP contribution in [0.25, 0.3) is 0 Å². The van der Waals surface area contributed by atoms with Crippen molar-refractivity contribution in [3.63, 3.8) is 0 Å². The van der Waals surface area contributed by atoms with Crippen LogP contribution in [-0.2, 0) is 0 Å². The third kappa shape index (κ3) is 2.12. The molecule has 16 heavy (non-hydrogen) atoms. The van der Waals surface area contributed by atoms with Crippen LogP contribution in [-0.4, -0.2) is 29.6 Å². The molecule has 2 aliphatic rings. The molecule has 0 aromatic rings. The van der Waals surface area contributed by atoms with E-state index in [1.54, 1.807) is 0 Å². The molecule has 0 bridgehead atoms. The van der Waals surface area contributed by atoms with E-state index in [9.17, 15) is 0 Å². The Bertz CT molecular complexity index is 275. The van der Waals surface area contributed by atoms with Gasteiger partial charge in [-0.15, -0.1) is 11.8 Å². The van der Waals surface area contributed by atoms with E-state index in [4.69, 9.17) is 5.73 Å². The molecule has 90 valence electrons. The molecule has 1 aliphatic carbocycles. The topological polar surface area (TPSA) is 29.3 Å². The van der Waals surface area contributed by atoms with Crippen molar-refractivity contribution in [1.82, 2.24) is 4.90 Å². The maximum Gasteiger partial charge on any atom is 0.0369 e. The first-order valence-electron chi connectivity index (χ1n) is 6.70. The summed E-state index contributed by atoms with van der Waals surface area (Å²) in [5.74, 6) is 6.15. The second-order valence-corrected chi connectivity index (χ2v) is 5.24. The molecule has 2 fully saturated rings. The molecule has 2 rings (SSSR count). The summed E-state index contributed by atoms with van der Waals surface area (Å²) in [5.41, 5.74) is 6.73. The highest BCUT2D eigenvalue weighted by atomic mass is 15.2. The summed E-state index contributed by atoms with van der Waals surface area (Å²) in [6, 6.07) is 0.251. The summed E-state index contributed by atoms with van der Waals surface area (Å²) in [7, 11) is 0. The summed E-state index contributed by atoms with van der Waals surface area (Å²) >= 11 is 0. The number of nitrogens with two attached hydrogens (primary N) is 1. The highest BCUT2D eigenvalue weighted by Gasteiger charge is 2.44. The zero-order valence-corrected chi connectivity index (χ0v) is 10.5. The molecule has 1 heterocycles. The zero-order chi connectivity index (χ0) is 11.4. The minimum absolute atomic E-state index is 0.251. The maximum absolute atomic E-state index is 6.44. The number of nitrogens with zero attached hydrogens (tertiary/aromatic N) is 1. The van der Waals surface area contributed by atoms with Gasteiger partial charge in [-0.05, 0) is 45.7 Å². The standard InChI is InChI=1S/C14H24N2/c1-2-3-8-13(15)14(9-4-5-10-14)16-11-6-7-12-16/h13H,4-12,15H2,1H3. The summed E-state index contributed by atoms with van der Waals surface area (Å²) in [6.07, 6.45) is 8.86. The molecule has 1 atom stereocenters. The van der Waals surface area contributed by atoms with E-state index < -0.39 is 0 Å². The van der Waals surface area contributed by atoms with Crippen LogP contribution >= 0.6 is 0 Å². The van der Waals surface area contributed by atoms with Gasteiger partial charge in [0, 0.05) is 18.0 Å². The van der Waals surface area contributed by atoms with Gasteiger partial charge in [0.05, 0.1) is 0 Å². The molecule has 1 saturated heterocycles. The minimum Gasteiger partial charge on any atom is -0.325 e. The van der Waals surface area contributed by atoms with Gasteiger partial charge in [-0.3, -0.25) is 4.90 Å². The Morgan fingerprint density at radius 2 is 1.81 bits per heavy atom. The number of likely N-dealkylation sites (tertiary alicyclic amines) is 1. The van der Waals surface area contributed by atoms with E-state index in [2.05, 4.69) is 16.7 Å². The van der Waals surface area contributed by atoms with E-state index in [0.717, 1.165) is 6.42 Å². The SMILES string of the molecule is CC#CCC(N)C1(N2CCCC2)CCCC1. The van der Waals surface area contributed by atoms with Crippen LogP contribution in [0.4, 0.5) is 0 Å². The Hall–Kier alpha value is -0.520. The van der Waals surface area contributed by atoms with Crippen LogP contribution in [0.2, 0.25) is 0 Å². The van der Waals surface area contributed by atoms with Crippen LogP contribution < -0.4 is 5.73 Å². The van der Waals surface area contributed by atoms with Crippen molar-refractivity contribution in [1.29, 1.82) is 0 Å². The Labute approximate surface area is 99.6 Å². The summed E-state index contributed by atoms with van der Waals surface area (Å²) in [6.45, 7) is 4.42. The largest absolute Gasteiger partial charge is 0.325 e. The summed E-state index contributed by atoms with van der Waals surface area (Å²) in [4.78, 5) is 2.67. The average molecular weight is 220 g/mol. The molecule has 0 spiro atoms. The summed E-state index contributed by atoms with van der Waals surface area (Å²) in [5, 5.41) is 0. The van der Waals surface area contributed by atoms with Gasteiger partial charge in [0.15, 0.2) is 0 Å². The van der Waals surface area contributed by atoms with Gasteiger partial charge in [-0.1, -0.05) is 12.8 Å². The average Bonchev–Trinajstić information content (AvgIpc) is 2.95. The first kappa shape index (κ1) is 12.0. The predicted octanol–water partition coefficient (Wildman–Crippen LogP) is 2.14. The smallest absolute Gasteiger partial charge is 0.0369 e. The van der Waals surface area contributed by atoms with Crippen molar-refractivity contribution in [3.8, 4) is 11.8 Å². The molecule has 0 radical (unpaired) electrons. The van der Waals surface area contributed by atoms with Gasteiger partial charge in [0.25, 0.3) is 0 Å². The third-order valence-electron chi connectivity index (χ3n) is 4.39. The Morgan fingerprint density at radius 3 is 2.38 bits per heavy atom. The molecule has 2 nitrogen and oxygen atoms in total. The van der Waals surface area contributed by atoms with E-state index in [1.807, 2.05) is 6.92 Å². The zero-order valence-electron chi connectivity index (χ0n) is 10.5. The number of hydrogen-bond donors (Lipinski definition) is 1. The van der Waals surface area contributed by atoms with Crippen LogP contribution in [0, 0.1) is 11.8 Å². The lowest BCUT2D eigenvalue weighted by Crippen LogP contribution is -2.57. The highest BCUT2D eigenvalue weighted by Crippen LogP contribution is 2.40. The van der Waals surface area contributed by atoms with E-state index in [-0.39, 0.29) is 6.04 Å². The lowest BCUT2D eigenvalue weighted by molar-refractivity contribution is 0.0938. The molecular weight excluding hydrogens is 196 g/mol. The van der Waals surface area contributed by atoms with Gasteiger partial charge < -0.3 is 5.73 Å². The van der Waals surface area contributed by atoms with Crippen molar-refractivity contribution in [2.24, 2.45) is 5.73 Å². The second-order valence-electron chi connectivity index (χ2n) is 5.24.